The lowest BCUT2D eigenvalue weighted by Gasteiger charge is -2.03. The standard InChI is InChI=1S/C14H15N3/c1-4-5-12-6-8-13(9-7-12)14-16-10(2)15-11(3)17-14/h4-9H,1-3H3/b5-4+. The van der Waals surface area contributed by atoms with Crippen LogP contribution < -0.4 is 0 Å². The zero-order valence-electron chi connectivity index (χ0n) is 10.3. The van der Waals surface area contributed by atoms with Crippen molar-refractivity contribution in [3.63, 3.8) is 0 Å². The van der Waals surface area contributed by atoms with E-state index in [1.165, 1.54) is 5.56 Å². The van der Waals surface area contributed by atoms with E-state index in [9.17, 15) is 0 Å². The fraction of sp³-hybridized carbons (Fsp3) is 0.214. The molecule has 0 aliphatic heterocycles. The minimum atomic E-state index is 0.738. The molecule has 0 aliphatic carbocycles. The Labute approximate surface area is 101 Å². The highest BCUT2D eigenvalue weighted by Gasteiger charge is 2.03. The topological polar surface area (TPSA) is 38.7 Å². The summed E-state index contributed by atoms with van der Waals surface area (Å²) in [6, 6.07) is 8.18. The van der Waals surface area contributed by atoms with Crippen LogP contribution in [0.25, 0.3) is 17.5 Å². The van der Waals surface area contributed by atoms with Gasteiger partial charge in [-0.1, -0.05) is 36.4 Å². The molecule has 0 radical (unpaired) electrons. The molecule has 0 aliphatic rings. The van der Waals surface area contributed by atoms with E-state index in [1.807, 2.05) is 39.0 Å². The van der Waals surface area contributed by atoms with Gasteiger partial charge in [0, 0.05) is 5.56 Å². The Hall–Kier alpha value is -2.03. The van der Waals surface area contributed by atoms with Crippen LogP contribution >= 0.6 is 0 Å². The summed E-state index contributed by atoms with van der Waals surface area (Å²) in [7, 11) is 0. The van der Waals surface area contributed by atoms with Gasteiger partial charge < -0.3 is 0 Å². The molecule has 1 heterocycles. The highest BCUT2D eigenvalue weighted by Crippen LogP contribution is 2.16. The molecule has 0 spiro atoms. The lowest BCUT2D eigenvalue weighted by atomic mass is 10.1. The summed E-state index contributed by atoms with van der Waals surface area (Å²) in [6.45, 7) is 5.77. The summed E-state index contributed by atoms with van der Waals surface area (Å²) < 4.78 is 0. The van der Waals surface area contributed by atoms with E-state index in [1.54, 1.807) is 0 Å². The number of hydrogen-bond acceptors (Lipinski definition) is 3. The van der Waals surface area contributed by atoms with Crippen molar-refractivity contribution in [1.29, 1.82) is 0 Å². The van der Waals surface area contributed by atoms with Crippen LogP contribution in [0.15, 0.2) is 30.3 Å². The minimum absolute atomic E-state index is 0.738. The van der Waals surface area contributed by atoms with Gasteiger partial charge in [0.15, 0.2) is 5.82 Å². The number of benzene rings is 1. The Bertz CT molecular complexity index is 522. The van der Waals surface area contributed by atoms with Crippen molar-refractivity contribution < 1.29 is 0 Å². The Kier molecular flexibility index (Phi) is 3.28. The second-order valence-corrected chi connectivity index (χ2v) is 3.88. The van der Waals surface area contributed by atoms with Gasteiger partial charge in [-0.15, -0.1) is 0 Å². The highest BCUT2D eigenvalue weighted by molar-refractivity contribution is 5.59. The van der Waals surface area contributed by atoms with Gasteiger partial charge in [-0.3, -0.25) is 0 Å². The fourth-order valence-corrected chi connectivity index (χ4v) is 1.68. The fourth-order valence-electron chi connectivity index (χ4n) is 1.68. The average Bonchev–Trinajstić information content (AvgIpc) is 2.29. The van der Waals surface area contributed by atoms with E-state index in [4.69, 9.17) is 0 Å². The summed E-state index contributed by atoms with van der Waals surface area (Å²) in [4.78, 5) is 12.9. The third kappa shape index (κ3) is 2.75. The molecule has 1 aromatic heterocycles. The highest BCUT2D eigenvalue weighted by atomic mass is 15.0. The first-order valence-electron chi connectivity index (χ1n) is 5.61. The number of aromatic nitrogens is 3. The van der Waals surface area contributed by atoms with E-state index in [2.05, 4.69) is 33.2 Å². The van der Waals surface area contributed by atoms with Gasteiger partial charge in [0.25, 0.3) is 0 Å². The Morgan fingerprint density at radius 1 is 0.882 bits per heavy atom. The van der Waals surface area contributed by atoms with Crippen LogP contribution in [0.1, 0.15) is 24.1 Å². The summed E-state index contributed by atoms with van der Waals surface area (Å²) in [5, 5.41) is 0. The van der Waals surface area contributed by atoms with Crippen molar-refractivity contribution in [1.82, 2.24) is 15.0 Å². The van der Waals surface area contributed by atoms with Crippen molar-refractivity contribution in [3.8, 4) is 11.4 Å². The number of rotatable bonds is 2. The van der Waals surface area contributed by atoms with E-state index in [0.29, 0.717) is 0 Å². The molecule has 0 fully saturated rings. The van der Waals surface area contributed by atoms with Gasteiger partial charge in [-0.25, -0.2) is 15.0 Å². The molecule has 86 valence electrons. The first kappa shape index (κ1) is 11.5. The van der Waals surface area contributed by atoms with E-state index in [-0.39, 0.29) is 0 Å². The maximum atomic E-state index is 4.34. The molecule has 3 heteroatoms. The molecule has 2 aromatic rings. The van der Waals surface area contributed by atoms with Crippen LogP contribution in [0.4, 0.5) is 0 Å². The lowest BCUT2D eigenvalue weighted by Crippen LogP contribution is -1.98. The quantitative estimate of drug-likeness (QED) is 0.787. The monoisotopic (exact) mass is 225 g/mol. The lowest BCUT2D eigenvalue weighted by molar-refractivity contribution is 0.928. The normalized spacial score (nSPS) is 11.0. The molecular formula is C14H15N3. The van der Waals surface area contributed by atoms with Crippen LogP contribution in [0.5, 0.6) is 0 Å². The average molecular weight is 225 g/mol. The molecule has 0 saturated carbocycles. The number of aryl methyl sites for hydroxylation is 2. The molecule has 0 amide bonds. The number of allylic oxidation sites excluding steroid dienone is 1. The second-order valence-electron chi connectivity index (χ2n) is 3.88. The summed E-state index contributed by atoms with van der Waals surface area (Å²) in [5.41, 5.74) is 2.20. The molecule has 0 bridgehead atoms. The van der Waals surface area contributed by atoms with Crippen LogP contribution in [0.3, 0.4) is 0 Å². The van der Waals surface area contributed by atoms with E-state index < -0.39 is 0 Å². The van der Waals surface area contributed by atoms with Crippen LogP contribution in [-0.4, -0.2) is 15.0 Å². The molecule has 2 rings (SSSR count). The van der Waals surface area contributed by atoms with Gasteiger partial charge in [0.1, 0.15) is 11.6 Å². The Balaban J connectivity index is 2.39. The van der Waals surface area contributed by atoms with Crippen LogP contribution in [0.2, 0.25) is 0 Å². The van der Waals surface area contributed by atoms with E-state index >= 15 is 0 Å². The largest absolute Gasteiger partial charge is 0.219 e. The molecule has 0 unspecified atom stereocenters. The SMILES string of the molecule is C/C=C/c1ccc(-c2nc(C)nc(C)n2)cc1. The molecule has 0 atom stereocenters. The predicted molar refractivity (Wildman–Crippen MR) is 69.4 cm³/mol. The van der Waals surface area contributed by atoms with Gasteiger partial charge in [-0.05, 0) is 26.3 Å². The second kappa shape index (κ2) is 4.87. The molecule has 1 aromatic carbocycles. The van der Waals surface area contributed by atoms with Gasteiger partial charge in [0.05, 0.1) is 0 Å². The van der Waals surface area contributed by atoms with E-state index in [0.717, 1.165) is 23.0 Å². The molecule has 17 heavy (non-hydrogen) atoms. The zero-order chi connectivity index (χ0) is 12.3. The summed E-state index contributed by atoms with van der Waals surface area (Å²) >= 11 is 0. The Morgan fingerprint density at radius 3 is 2.00 bits per heavy atom. The van der Waals surface area contributed by atoms with Gasteiger partial charge in [0.2, 0.25) is 0 Å². The maximum Gasteiger partial charge on any atom is 0.163 e. The smallest absolute Gasteiger partial charge is 0.163 e. The zero-order valence-corrected chi connectivity index (χ0v) is 10.3. The molecule has 3 nitrogen and oxygen atoms in total. The first-order valence-corrected chi connectivity index (χ1v) is 5.61. The van der Waals surface area contributed by atoms with Crippen molar-refractivity contribution in [3.05, 3.63) is 47.6 Å². The van der Waals surface area contributed by atoms with Crippen molar-refractivity contribution >= 4 is 6.08 Å². The van der Waals surface area contributed by atoms with Crippen molar-refractivity contribution in [2.75, 3.05) is 0 Å². The Morgan fingerprint density at radius 2 is 1.47 bits per heavy atom. The third-order valence-electron chi connectivity index (χ3n) is 2.39. The number of hydrogen-bond donors (Lipinski definition) is 0. The van der Waals surface area contributed by atoms with Crippen molar-refractivity contribution in [2.24, 2.45) is 0 Å². The van der Waals surface area contributed by atoms with Crippen LogP contribution in [-0.2, 0) is 0 Å². The molecule has 0 saturated heterocycles. The predicted octanol–water partition coefficient (Wildman–Crippen LogP) is 3.19. The van der Waals surface area contributed by atoms with Crippen LogP contribution in [0, 0.1) is 13.8 Å². The summed E-state index contributed by atoms with van der Waals surface area (Å²) in [6.07, 6.45) is 4.08. The van der Waals surface area contributed by atoms with Gasteiger partial charge >= 0.3 is 0 Å². The third-order valence-corrected chi connectivity index (χ3v) is 2.39. The van der Waals surface area contributed by atoms with Crippen molar-refractivity contribution in [2.45, 2.75) is 20.8 Å². The first-order chi connectivity index (χ1) is 8.19. The summed E-state index contributed by atoms with van der Waals surface area (Å²) in [5.74, 6) is 2.25. The van der Waals surface area contributed by atoms with Gasteiger partial charge in [-0.2, -0.15) is 0 Å². The number of nitrogens with zero attached hydrogens (tertiary/aromatic N) is 3. The maximum absolute atomic E-state index is 4.34. The minimum Gasteiger partial charge on any atom is -0.219 e. The molecular weight excluding hydrogens is 210 g/mol. The molecule has 0 N–H and O–H groups in total.